The quantitative estimate of drug-likeness (QED) is 0.739. The predicted molar refractivity (Wildman–Crippen MR) is 64.0 cm³/mol. The molecule has 0 bridgehead atoms. The first-order valence-corrected chi connectivity index (χ1v) is 6.50. The van der Waals surface area contributed by atoms with Gasteiger partial charge < -0.3 is 14.4 Å². The van der Waals surface area contributed by atoms with Gasteiger partial charge in [-0.15, -0.1) is 0 Å². The molecule has 0 aromatic rings. The van der Waals surface area contributed by atoms with E-state index in [4.69, 9.17) is 9.47 Å². The van der Waals surface area contributed by atoms with Crippen molar-refractivity contribution in [2.24, 2.45) is 5.92 Å². The molecule has 0 radical (unpaired) electrons. The van der Waals surface area contributed by atoms with E-state index in [-0.39, 0.29) is 24.1 Å². The Morgan fingerprint density at radius 2 is 1.94 bits per heavy atom. The normalized spacial score (nSPS) is 30.1. The highest BCUT2D eigenvalue weighted by atomic mass is 16.6. The van der Waals surface area contributed by atoms with Crippen molar-refractivity contribution in [1.29, 1.82) is 0 Å². The van der Waals surface area contributed by atoms with Crippen molar-refractivity contribution in [2.75, 3.05) is 26.3 Å². The second-order valence-corrected chi connectivity index (χ2v) is 4.68. The minimum absolute atomic E-state index is 0.184. The van der Waals surface area contributed by atoms with Crippen LogP contribution in [0.15, 0.2) is 0 Å². The van der Waals surface area contributed by atoms with Gasteiger partial charge in [0.05, 0.1) is 13.2 Å². The second-order valence-electron chi connectivity index (χ2n) is 4.68. The number of hydrogen-bond acceptors (Lipinski definition) is 5. The molecule has 2 saturated heterocycles. The van der Waals surface area contributed by atoms with Gasteiger partial charge in [-0.1, -0.05) is 0 Å². The number of carbonyl (C=O) groups is 2. The van der Waals surface area contributed by atoms with Crippen LogP contribution in [0, 0.1) is 5.92 Å². The van der Waals surface area contributed by atoms with Crippen LogP contribution in [-0.4, -0.2) is 55.3 Å². The van der Waals surface area contributed by atoms with Gasteiger partial charge in [0.25, 0.3) is 0 Å². The highest BCUT2D eigenvalue weighted by Crippen LogP contribution is 2.28. The van der Waals surface area contributed by atoms with Crippen LogP contribution in [0.4, 0.5) is 4.79 Å². The monoisotopic (exact) mass is 256 g/mol. The van der Waals surface area contributed by atoms with Crippen LogP contribution in [0.2, 0.25) is 0 Å². The third-order valence-electron chi connectivity index (χ3n) is 3.49. The predicted octanol–water partition coefficient (Wildman–Crippen LogP) is 0.368. The van der Waals surface area contributed by atoms with E-state index >= 15 is 0 Å². The van der Waals surface area contributed by atoms with E-state index in [0.717, 1.165) is 6.42 Å². The molecule has 18 heavy (non-hydrogen) atoms. The van der Waals surface area contributed by atoms with Crippen molar-refractivity contribution in [1.82, 2.24) is 10.2 Å². The number of ether oxygens (including phenoxy) is 2. The van der Waals surface area contributed by atoms with Gasteiger partial charge in [-0.2, -0.15) is 0 Å². The Morgan fingerprint density at radius 3 is 2.56 bits per heavy atom. The van der Waals surface area contributed by atoms with E-state index in [1.165, 1.54) is 0 Å². The van der Waals surface area contributed by atoms with Crippen LogP contribution < -0.4 is 5.32 Å². The van der Waals surface area contributed by atoms with Gasteiger partial charge >= 0.3 is 12.1 Å². The summed E-state index contributed by atoms with van der Waals surface area (Å²) in [6, 6.07) is -0.0342. The van der Waals surface area contributed by atoms with E-state index in [9.17, 15) is 9.59 Å². The van der Waals surface area contributed by atoms with Gasteiger partial charge in [0, 0.05) is 19.1 Å². The molecule has 2 fully saturated rings. The fraction of sp³-hybridized carbons (Fsp3) is 0.833. The summed E-state index contributed by atoms with van der Waals surface area (Å²) >= 11 is 0. The molecule has 2 aliphatic heterocycles. The first-order chi connectivity index (χ1) is 8.65. The number of hydrogen-bond donors (Lipinski definition) is 1. The molecule has 102 valence electrons. The Labute approximate surface area is 107 Å². The van der Waals surface area contributed by atoms with Gasteiger partial charge in [0.2, 0.25) is 0 Å². The SMILES string of the molecule is CCOC(=O)[C@H]1C[C@@H]2CN(C(=O)OCC)C[C@@H]2N1. The van der Waals surface area contributed by atoms with Gasteiger partial charge in [-0.25, -0.2) is 4.79 Å². The van der Waals surface area contributed by atoms with E-state index < -0.39 is 0 Å². The zero-order chi connectivity index (χ0) is 13.1. The molecule has 1 amide bonds. The fourth-order valence-electron chi connectivity index (χ4n) is 2.70. The van der Waals surface area contributed by atoms with Crippen molar-refractivity contribution in [3.63, 3.8) is 0 Å². The molecule has 1 N–H and O–H groups in total. The molecule has 0 spiro atoms. The minimum atomic E-state index is -0.263. The Hall–Kier alpha value is -1.30. The molecule has 0 saturated carbocycles. The molecule has 2 rings (SSSR count). The maximum Gasteiger partial charge on any atom is 0.409 e. The molecule has 6 nitrogen and oxygen atoms in total. The second kappa shape index (κ2) is 5.56. The molecule has 3 atom stereocenters. The summed E-state index contributed by atoms with van der Waals surface area (Å²) in [5.41, 5.74) is 0. The summed E-state index contributed by atoms with van der Waals surface area (Å²) < 4.78 is 9.97. The lowest BCUT2D eigenvalue weighted by molar-refractivity contribution is -0.145. The van der Waals surface area contributed by atoms with E-state index in [0.29, 0.717) is 32.2 Å². The Balaban J connectivity index is 1.84. The lowest BCUT2D eigenvalue weighted by atomic mass is 10.0. The van der Waals surface area contributed by atoms with E-state index in [2.05, 4.69) is 5.32 Å². The van der Waals surface area contributed by atoms with Crippen molar-refractivity contribution in [3.05, 3.63) is 0 Å². The first-order valence-electron chi connectivity index (χ1n) is 6.50. The summed E-state index contributed by atoms with van der Waals surface area (Å²) in [5, 5.41) is 3.24. The number of rotatable bonds is 3. The average molecular weight is 256 g/mol. The maximum atomic E-state index is 11.6. The van der Waals surface area contributed by atoms with Gasteiger partial charge in [0.15, 0.2) is 0 Å². The molecule has 6 heteroatoms. The maximum absolute atomic E-state index is 11.6. The number of nitrogens with zero attached hydrogens (tertiary/aromatic N) is 1. The Kier molecular flexibility index (Phi) is 4.06. The Morgan fingerprint density at radius 1 is 1.22 bits per heavy atom. The minimum Gasteiger partial charge on any atom is -0.465 e. The molecule has 0 unspecified atom stereocenters. The highest BCUT2D eigenvalue weighted by molar-refractivity contribution is 5.76. The molecule has 0 aromatic carbocycles. The summed E-state index contributed by atoms with van der Waals surface area (Å²) in [7, 11) is 0. The van der Waals surface area contributed by atoms with Gasteiger partial charge in [-0.3, -0.25) is 10.1 Å². The van der Waals surface area contributed by atoms with Crippen LogP contribution in [0.3, 0.4) is 0 Å². The zero-order valence-corrected chi connectivity index (χ0v) is 10.8. The largest absolute Gasteiger partial charge is 0.465 e. The third-order valence-corrected chi connectivity index (χ3v) is 3.49. The summed E-state index contributed by atoms with van der Waals surface area (Å²) in [4.78, 5) is 24.9. The third kappa shape index (κ3) is 2.58. The van der Waals surface area contributed by atoms with Crippen LogP contribution in [-0.2, 0) is 14.3 Å². The van der Waals surface area contributed by atoms with Crippen LogP contribution in [0.1, 0.15) is 20.3 Å². The van der Waals surface area contributed by atoms with E-state index in [1.54, 1.807) is 18.7 Å². The zero-order valence-electron chi connectivity index (χ0n) is 10.8. The number of amides is 1. The van der Waals surface area contributed by atoms with Gasteiger partial charge in [0.1, 0.15) is 6.04 Å². The number of nitrogens with one attached hydrogen (secondary N) is 1. The van der Waals surface area contributed by atoms with E-state index in [1.807, 2.05) is 0 Å². The molecule has 2 heterocycles. The number of esters is 1. The Bertz CT molecular complexity index is 290. The molecular formula is C12H20N2O4. The van der Waals surface area contributed by atoms with Crippen LogP contribution >= 0.6 is 0 Å². The molecular weight excluding hydrogens is 236 g/mol. The lowest BCUT2D eigenvalue weighted by Crippen LogP contribution is -2.41. The molecule has 0 aromatic heterocycles. The van der Waals surface area contributed by atoms with Crippen molar-refractivity contribution in [3.8, 4) is 0 Å². The topological polar surface area (TPSA) is 67.9 Å². The lowest BCUT2D eigenvalue weighted by Gasteiger charge is -2.18. The summed E-state index contributed by atoms with van der Waals surface area (Å²) in [5.74, 6) is 0.137. The molecule has 2 aliphatic rings. The summed E-state index contributed by atoms with van der Waals surface area (Å²) in [6.45, 7) is 5.66. The standard InChI is InChI=1S/C12H20N2O4/c1-3-17-11(15)9-5-8-6-14(7-10(8)13-9)12(16)18-4-2/h8-10,13H,3-7H2,1-2H3/t8-,9-,10+/m1/s1. The van der Waals surface area contributed by atoms with Crippen molar-refractivity contribution < 1.29 is 19.1 Å². The number of likely N-dealkylation sites (tertiary alicyclic amines) is 1. The van der Waals surface area contributed by atoms with Crippen LogP contribution in [0.25, 0.3) is 0 Å². The molecule has 0 aliphatic carbocycles. The number of carbonyl (C=O) groups excluding carboxylic acids is 2. The average Bonchev–Trinajstić information content (AvgIpc) is 2.86. The van der Waals surface area contributed by atoms with Gasteiger partial charge in [-0.05, 0) is 26.2 Å². The van der Waals surface area contributed by atoms with Crippen molar-refractivity contribution in [2.45, 2.75) is 32.4 Å². The first kappa shape index (κ1) is 13.1. The summed E-state index contributed by atoms with van der Waals surface area (Å²) in [6.07, 6.45) is 0.473. The number of fused-ring (bicyclic) bond motifs is 1. The van der Waals surface area contributed by atoms with Crippen molar-refractivity contribution >= 4 is 12.1 Å². The fourth-order valence-corrected chi connectivity index (χ4v) is 2.70. The highest BCUT2D eigenvalue weighted by Gasteiger charge is 2.45. The smallest absolute Gasteiger partial charge is 0.409 e. The van der Waals surface area contributed by atoms with Crippen LogP contribution in [0.5, 0.6) is 0 Å².